The Morgan fingerprint density at radius 3 is 2.22 bits per heavy atom. The zero-order valence-corrected chi connectivity index (χ0v) is 15.6. The van der Waals surface area contributed by atoms with Crippen molar-refractivity contribution >= 4 is 24.8 Å². The molecule has 1 aromatic carbocycles. The number of methoxy groups -OCH3 is 3. The summed E-state index contributed by atoms with van der Waals surface area (Å²) < 4.78 is 16.2. The zero-order chi connectivity index (χ0) is 15.1. The first-order valence-corrected chi connectivity index (χ1v) is 7.49. The fourth-order valence-corrected chi connectivity index (χ4v) is 2.80. The summed E-state index contributed by atoms with van der Waals surface area (Å²) in [5, 5.41) is 6.92. The Hall–Kier alpha value is -0.880. The maximum Gasteiger partial charge on any atom is 0.203 e. The fourth-order valence-electron chi connectivity index (χ4n) is 2.80. The van der Waals surface area contributed by atoms with Gasteiger partial charge in [-0.05, 0) is 44.5 Å². The molecule has 2 N–H and O–H groups in total. The molecule has 134 valence electrons. The summed E-state index contributed by atoms with van der Waals surface area (Å²) >= 11 is 0. The number of hydrogen-bond acceptors (Lipinski definition) is 5. The first-order chi connectivity index (χ1) is 10.3. The van der Waals surface area contributed by atoms with Gasteiger partial charge in [-0.3, -0.25) is 0 Å². The molecular weight excluding hydrogens is 339 g/mol. The Bertz CT molecular complexity index is 455. The third kappa shape index (κ3) is 5.92. The lowest BCUT2D eigenvalue weighted by molar-refractivity contribution is 0.320. The standard InChI is InChI=1S/C16H26N2O3.2ClH/c1-19-14-5-4-13(15(20-2)16(14)21-3)11-18-10-12-6-8-17-9-7-12;;/h4-5,12,17-18H,6-11H2,1-3H3;2*1H. The van der Waals surface area contributed by atoms with E-state index in [-0.39, 0.29) is 24.8 Å². The van der Waals surface area contributed by atoms with Gasteiger partial charge in [0.05, 0.1) is 21.3 Å². The van der Waals surface area contributed by atoms with Crippen molar-refractivity contribution < 1.29 is 14.2 Å². The van der Waals surface area contributed by atoms with E-state index < -0.39 is 0 Å². The molecule has 0 saturated carbocycles. The van der Waals surface area contributed by atoms with E-state index in [9.17, 15) is 0 Å². The van der Waals surface area contributed by atoms with Gasteiger partial charge in [-0.2, -0.15) is 0 Å². The van der Waals surface area contributed by atoms with Crippen LogP contribution < -0.4 is 24.8 Å². The summed E-state index contributed by atoms with van der Waals surface area (Å²) in [6.45, 7) is 4.07. The van der Waals surface area contributed by atoms with Crippen molar-refractivity contribution in [2.45, 2.75) is 19.4 Å². The average molecular weight is 367 g/mol. The van der Waals surface area contributed by atoms with Crippen LogP contribution in [-0.2, 0) is 6.54 Å². The number of benzene rings is 1. The summed E-state index contributed by atoms with van der Waals surface area (Å²) in [7, 11) is 4.92. The lowest BCUT2D eigenvalue weighted by atomic mass is 9.98. The number of halogens is 2. The predicted molar refractivity (Wildman–Crippen MR) is 97.9 cm³/mol. The molecule has 0 aliphatic carbocycles. The Labute approximate surface area is 151 Å². The summed E-state index contributed by atoms with van der Waals surface area (Å²) in [4.78, 5) is 0. The maximum atomic E-state index is 5.50. The second-order valence-electron chi connectivity index (χ2n) is 5.32. The van der Waals surface area contributed by atoms with Crippen LogP contribution in [0.25, 0.3) is 0 Å². The molecule has 0 unspecified atom stereocenters. The van der Waals surface area contributed by atoms with Crippen LogP contribution in [0.4, 0.5) is 0 Å². The minimum absolute atomic E-state index is 0. The van der Waals surface area contributed by atoms with Gasteiger partial charge >= 0.3 is 0 Å². The van der Waals surface area contributed by atoms with Crippen molar-refractivity contribution in [1.82, 2.24) is 10.6 Å². The van der Waals surface area contributed by atoms with Gasteiger partial charge < -0.3 is 24.8 Å². The molecule has 0 radical (unpaired) electrons. The summed E-state index contributed by atoms with van der Waals surface area (Å²) in [6.07, 6.45) is 2.49. The first-order valence-electron chi connectivity index (χ1n) is 7.49. The normalized spacial score (nSPS) is 14.4. The van der Waals surface area contributed by atoms with Crippen LogP contribution in [0.2, 0.25) is 0 Å². The first kappa shape index (κ1) is 22.1. The highest BCUT2D eigenvalue weighted by molar-refractivity contribution is 5.85. The topological polar surface area (TPSA) is 51.8 Å². The Balaban J connectivity index is 0.00000242. The van der Waals surface area contributed by atoms with Crippen molar-refractivity contribution in [2.75, 3.05) is 41.0 Å². The number of piperidine rings is 1. The smallest absolute Gasteiger partial charge is 0.203 e. The Morgan fingerprint density at radius 1 is 1.00 bits per heavy atom. The second-order valence-corrected chi connectivity index (χ2v) is 5.32. The molecule has 0 spiro atoms. The molecular formula is C16H28Cl2N2O3. The third-order valence-electron chi connectivity index (χ3n) is 3.99. The molecule has 5 nitrogen and oxygen atoms in total. The van der Waals surface area contributed by atoms with Gasteiger partial charge in [0.1, 0.15) is 0 Å². The van der Waals surface area contributed by atoms with Gasteiger partial charge in [-0.25, -0.2) is 0 Å². The minimum atomic E-state index is 0. The van der Waals surface area contributed by atoms with E-state index in [4.69, 9.17) is 14.2 Å². The fraction of sp³-hybridized carbons (Fsp3) is 0.625. The van der Waals surface area contributed by atoms with Crippen molar-refractivity contribution in [3.8, 4) is 17.2 Å². The van der Waals surface area contributed by atoms with Gasteiger partial charge in [-0.15, -0.1) is 24.8 Å². The van der Waals surface area contributed by atoms with Gasteiger partial charge in [0.25, 0.3) is 0 Å². The number of ether oxygens (including phenoxy) is 3. The monoisotopic (exact) mass is 366 g/mol. The molecule has 1 fully saturated rings. The number of nitrogens with one attached hydrogen (secondary N) is 2. The Morgan fingerprint density at radius 2 is 1.65 bits per heavy atom. The molecule has 1 aliphatic rings. The second kappa shape index (κ2) is 11.6. The molecule has 1 heterocycles. The quantitative estimate of drug-likeness (QED) is 0.776. The summed E-state index contributed by atoms with van der Waals surface area (Å²) in [5.74, 6) is 2.85. The van der Waals surface area contributed by atoms with Gasteiger partial charge in [0.2, 0.25) is 5.75 Å². The van der Waals surface area contributed by atoms with Crippen LogP contribution in [0.5, 0.6) is 17.2 Å². The minimum Gasteiger partial charge on any atom is -0.493 e. The predicted octanol–water partition coefficient (Wildman–Crippen LogP) is 2.65. The van der Waals surface area contributed by atoms with E-state index in [2.05, 4.69) is 10.6 Å². The van der Waals surface area contributed by atoms with E-state index in [1.807, 2.05) is 12.1 Å². The van der Waals surface area contributed by atoms with Crippen LogP contribution in [-0.4, -0.2) is 41.0 Å². The molecule has 0 amide bonds. The summed E-state index contributed by atoms with van der Waals surface area (Å²) in [5.41, 5.74) is 1.09. The number of hydrogen-bond donors (Lipinski definition) is 2. The van der Waals surface area contributed by atoms with Gasteiger partial charge in [0.15, 0.2) is 11.5 Å². The molecule has 1 aromatic rings. The maximum absolute atomic E-state index is 5.50. The van der Waals surface area contributed by atoms with Crippen molar-refractivity contribution in [1.29, 1.82) is 0 Å². The zero-order valence-electron chi connectivity index (χ0n) is 14.0. The van der Waals surface area contributed by atoms with Crippen LogP contribution in [0, 0.1) is 5.92 Å². The molecule has 1 aliphatic heterocycles. The lowest BCUT2D eigenvalue weighted by Gasteiger charge is -2.23. The van der Waals surface area contributed by atoms with Crippen molar-refractivity contribution in [3.63, 3.8) is 0 Å². The molecule has 1 saturated heterocycles. The van der Waals surface area contributed by atoms with E-state index in [1.54, 1.807) is 21.3 Å². The third-order valence-corrected chi connectivity index (χ3v) is 3.99. The number of rotatable bonds is 7. The molecule has 23 heavy (non-hydrogen) atoms. The largest absolute Gasteiger partial charge is 0.493 e. The van der Waals surface area contributed by atoms with Gasteiger partial charge in [0, 0.05) is 12.1 Å². The highest BCUT2D eigenvalue weighted by atomic mass is 35.5. The molecule has 2 rings (SSSR count). The van der Waals surface area contributed by atoms with Crippen molar-refractivity contribution in [3.05, 3.63) is 17.7 Å². The summed E-state index contributed by atoms with van der Waals surface area (Å²) in [6, 6.07) is 3.94. The molecule has 0 bridgehead atoms. The Kier molecular flexibility index (Phi) is 11.2. The van der Waals surface area contributed by atoms with Crippen LogP contribution in [0.1, 0.15) is 18.4 Å². The highest BCUT2D eigenvalue weighted by Gasteiger charge is 2.16. The SMILES string of the molecule is COc1ccc(CNCC2CCNCC2)c(OC)c1OC.Cl.Cl. The van der Waals surface area contributed by atoms with E-state index in [1.165, 1.54) is 12.8 Å². The van der Waals surface area contributed by atoms with Crippen LogP contribution >= 0.6 is 24.8 Å². The van der Waals surface area contributed by atoms with Crippen LogP contribution in [0.3, 0.4) is 0 Å². The van der Waals surface area contributed by atoms with E-state index in [0.717, 1.165) is 43.4 Å². The van der Waals surface area contributed by atoms with E-state index in [0.29, 0.717) is 11.5 Å². The van der Waals surface area contributed by atoms with Crippen LogP contribution in [0.15, 0.2) is 12.1 Å². The molecule has 7 heteroatoms. The van der Waals surface area contributed by atoms with Gasteiger partial charge in [-0.1, -0.05) is 6.07 Å². The van der Waals surface area contributed by atoms with E-state index >= 15 is 0 Å². The molecule has 0 atom stereocenters. The molecule has 0 aromatic heterocycles. The highest BCUT2D eigenvalue weighted by Crippen LogP contribution is 2.39. The van der Waals surface area contributed by atoms with Crippen molar-refractivity contribution in [2.24, 2.45) is 5.92 Å². The average Bonchev–Trinajstić information content (AvgIpc) is 2.55. The lowest BCUT2D eigenvalue weighted by Crippen LogP contribution is -2.33.